The van der Waals surface area contributed by atoms with Crippen LogP contribution in [-0.2, 0) is 0 Å². The van der Waals surface area contributed by atoms with E-state index >= 15 is 0 Å². The van der Waals surface area contributed by atoms with Crippen LogP contribution in [0.25, 0.3) is 87.9 Å². The van der Waals surface area contributed by atoms with Gasteiger partial charge in [0.2, 0.25) is 5.89 Å². The summed E-state index contributed by atoms with van der Waals surface area (Å²) in [6, 6.07) is 64.0. The monoisotopic (exact) mass is 678 g/mol. The van der Waals surface area contributed by atoms with Crippen LogP contribution in [0.3, 0.4) is 0 Å². The number of oxazole rings is 1. The van der Waals surface area contributed by atoms with Gasteiger partial charge in [0.1, 0.15) is 16.7 Å². The fraction of sp³-hybridized carbons (Fsp3) is 0. The maximum Gasteiger partial charge on any atom is 0.227 e. The molecule has 0 unspecified atom stereocenters. The van der Waals surface area contributed by atoms with Crippen molar-refractivity contribution < 1.29 is 8.83 Å². The molecule has 4 heteroatoms. The second-order valence-corrected chi connectivity index (χ2v) is 13.5. The predicted molar refractivity (Wildman–Crippen MR) is 219 cm³/mol. The molecule has 9 aromatic carbocycles. The number of aromatic nitrogens is 1. The molecule has 0 amide bonds. The molecular formula is C49H30N2O2. The number of nitrogens with zero attached hydrogens (tertiary/aromatic N) is 2. The Morgan fingerprint density at radius 1 is 0.415 bits per heavy atom. The summed E-state index contributed by atoms with van der Waals surface area (Å²) in [6.45, 7) is 0. The van der Waals surface area contributed by atoms with Gasteiger partial charge in [0.15, 0.2) is 5.58 Å². The van der Waals surface area contributed by atoms with Crippen molar-refractivity contribution in [3.8, 4) is 22.6 Å². The van der Waals surface area contributed by atoms with Gasteiger partial charge in [-0.2, -0.15) is 0 Å². The summed E-state index contributed by atoms with van der Waals surface area (Å²) in [5.74, 6) is 0.623. The van der Waals surface area contributed by atoms with E-state index in [4.69, 9.17) is 13.8 Å². The first-order chi connectivity index (χ1) is 26.3. The summed E-state index contributed by atoms with van der Waals surface area (Å²) in [5, 5.41) is 9.05. The van der Waals surface area contributed by atoms with Crippen molar-refractivity contribution in [2.45, 2.75) is 0 Å². The van der Waals surface area contributed by atoms with Gasteiger partial charge in [0.05, 0.1) is 5.69 Å². The van der Waals surface area contributed by atoms with E-state index < -0.39 is 0 Å². The smallest absolute Gasteiger partial charge is 0.227 e. The minimum absolute atomic E-state index is 0.623. The molecule has 2 heterocycles. The molecule has 0 aliphatic heterocycles. The molecule has 0 bridgehead atoms. The Hall–Kier alpha value is -7.17. The van der Waals surface area contributed by atoms with E-state index in [1.54, 1.807) is 0 Å². The standard InChI is InChI=1S/C49H30N2O2/c1-2-11-35(12-3-1)49-50-42-29-25-34-21-20-33-24-28-37(30-41(33)46(34)48(42)53-49)51(43-17-8-13-31-10-4-5-14-38(31)43)36-26-22-32(23-27-36)39-16-9-19-45-47(39)40-15-6-7-18-44(40)52-45/h1-30H. The maximum atomic E-state index is 6.58. The summed E-state index contributed by atoms with van der Waals surface area (Å²) in [5.41, 5.74) is 9.90. The largest absolute Gasteiger partial charge is 0.456 e. The zero-order chi connectivity index (χ0) is 34.9. The van der Waals surface area contributed by atoms with Gasteiger partial charge in [-0.1, -0.05) is 121 Å². The lowest BCUT2D eigenvalue weighted by atomic mass is 9.98. The van der Waals surface area contributed by atoms with Gasteiger partial charge in [-0.05, 0) is 93.3 Å². The van der Waals surface area contributed by atoms with Gasteiger partial charge < -0.3 is 13.7 Å². The molecule has 0 aliphatic rings. The molecule has 0 spiro atoms. The highest BCUT2D eigenvalue weighted by atomic mass is 16.3. The highest BCUT2D eigenvalue weighted by molar-refractivity contribution is 6.19. The Labute approximate surface area is 304 Å². The number of benzene rings is 9. The molecule has 0 saturated heterocycles. The normalized spacial score (nSPS) is 11.8. The van der Waals surface area contributed by atoms with Crippen molar-refractivity contribution in [1.82, 2.24) is 4.98 Å². The van der Waals surface area contributed by atoms with E-state index in [0.29, 0.717) is 5.89 Å². The van der Waals surface area contributed by atoms with Crippen molar-refractivity contribution >= 4 is 82.4 Å². The van der Waals surface area contributed by atoms with Gasteiger partial charge >= 0.3 is 0 Å². The van der Waals surface area contributed by atoms with Crippen molar-refractivity contribution in [2.24, 2.45) is 0 Å². The van der Waals surface area contributed by atoms with Gasteiger partial charge in [-0.15, -0.1) is 0 Å². The van der Waals surface area contributed by atoms with E-state index in [9.17, 15) is 0 Å². The van der Waals surface area contributed by atoms with E-state index in [2.05, 4.69) is 138 Å². The van der Waals surface area contributed by atoms with E-state index in [0.717, 1.165) is 88.3 Å². The first kappa shape index (κ1) is 29.5. The molecule has 0 fully saturated rings. The van der Waals surface area contributed by atoms with E-state index in [1.807, 2.05) is 48.5 Å². The van der Waals surface area contributed by atoms with Gasteiger partial charge in [-0.25, -0.2) is 4.98 Å². The zero-order valence-corrected chi connectivity index (χ0v) is 28.5. The third-order valence-corrected chi connectivity index (χ3v) is 10.5. The Morgan fingerprint density at radius 2 is 1.09 bits per heavy atom. The Morgan fingerprint density at radius 3 is 2.00 bits per heavy atom. The van der Waals surface area contributed by atoms with Crippen LogP contribution >= 0.6 is 0 Å². The molecule has 0 aliphatic carbocycles. The van der Waals surface area contributed by atoms with Gasteiger partial charge in [-0.3, -0.25) is 0 Å². The Balaban J connectivity index is 1.12. The zero-order valence-electron chi connectivity index (χ0n) is 28.5. The Kier molecular flexibility index (Phi) is 6.52. The number of para-hydroxylation sites is 1. The summed E-state index contributed by atoms with van der Waals surface area (Å²) in [4.78, 5) is 7.28. The van der Waals surface area contributed by atoms with Crippen LogP contribution in [0, 0.1) is 0 Å². The minimum Gasteiger partial charge on any atom is -0.456 e. The molecule has 11 aromatic rings. The van der Waals surface area contributed by atoms with Crippen LogP contribution in [-0.4, -0.2) is 4.98 Å². The molecule has 2 aromatic heterocycles. The van der Waals surface area contributed by atoms with E-state index in [1.165, 1.54) is 10.8 Å². The average molecular weight is 679 g/mol. The lowest BCUT2D eigenvalue weighted by Crippen LogP contribution is -2.10. The summed E-state index contributed by atoms with van der Waals surface area (Å²) in [6.07, 6.45) is 0. The summed E-state index contributed by atoms with van der Waals surface area (Å²) >= 11 is 0. The second-order valence-electron chi connectivity index (χ2n) is 13.5. The first-order valence-corrected chi connectivity index (χ1v) is 17.9. The molecule has 53 heavy (non-hydrogen) atoms. The lowest BCUT2D eigenvalue weighted by Gasteiger charge is -2.27. The number of hydrogen-bond acceptors (Lipinski definition) is 4. The first-order valence-electron chi connectivity index (χ1n) is 17.9. The van der Waals surface area contributed by atoms with Gasteiger partial charge in [0.25, 0.3) is 0 Å². The van der Waals surface area contributed by atoms with Crippen molar-refractivity contribution in [3.63, 3.8) is 0 Å². The third kappa shape index (κ3) is 4.73. The van der Waals surface area contributed by atoms with Crippen molar-refractivity contribution in [3.05, 3.63) is 182 Å². The molecule has 11 rings (SSSR count). The number of rotatable bonds is 5. The fourth-order valence-corrected chi connectivity index (χ4v) is 7.99. The van der Waals surface area contributed by atoms with E-state index in [-0.39, 0.29) is 0 Å². The SMILES string of the molecule is c1ccc(-c2nc3ccc4ccc5ccc(N(c6ccc(-c7cccc8oc9ccccc9c78)cc6)c6cccc7ccccc67)cc5c4c3o2)cc1. The Bertz CT molecular complexity index is 3170. The summed E-state index contributed by atoms with van der Waals surface area (Å²) in [7, 11) is 0. The van der Waals surface area contributed by atoms with Crippen LogP contribution in [0.5, 0.6) is 0 Å². The molecule has 0 saturated carbocycles. The summed E-state index contributed by atoms with van der Waals surface area (Å²) < 4.78 is 12.8. The van der Waals surface area contributed by atoms with Crippen LogP contribution in [0.4, 0.5) is 17.1 Å². The third-order valence-electron chi connectivity index (χ3n) is 10.5. The lowest BCUT2D eigenvalue weighted by molar-refractivity contribution is 0.623. The molecule has 4 nitrogen and oxygen atoms in total. The van der Waals surface area contributed by atoms with Crippen LogP contribution in [0.2, 0.25) is 0 Å². The second kappa shape index (κ2) is 11.7. The van der Waals surface area contributed by atoms with Crippen molar-refractivity contribution in [2.75, 3.05) is 4.90 Å². The van der Waals surface area contributed by atoms with Gasteiger partial charge in [0, 0.05) is 38.5 Å². The number of furan rings is 1. The highest BCUT2D eigenvalue weighted by Crippen LogP contribution is 2.43. The average Bonchev–Trinajstić information content (AvgIpc) is 3.84. The fourth-order valence-electron chi connectivity index (χ4n) is 7.99. The molecule has 248 valence electrons. The molecule has 0 radical (unpaired) electrons. The quantitative estimate of drug-likeness (QED) is 0.170. The maximum absolute atomic E-state index is 6.58. The van der Waals surface area contributed by atoms with Crippen LogP contribution in [0.15, 0.2) is 191 Å². The molecule has 0 atom stereocenters. The molecule has 0 N–H and O–H groups in total. The highest BCUT2D eigenvalue weighted by Gasteiger charge is 2.19. The minimum atomic E-state index is 0.623. The topological polar surface area (TPSA) is 42.4 Å². The van der Waals surface area contributed by atoms with Crippen LogP contribution < -0.4 is 4.90 Å². The van der Waals surface area contributed by atoms with Crippen LogP contribution in [0.1, 0.15) is 0 Å². The number of anilines is 3. The molecular weight excluding hydrogens is 649 g/mol. The predicted octanol–water partition coefficient (Wildman–Crippen LogP) is 14.0. The number of hydrogen-bond donors (Lipinski definition) is 0. The number of fused-ring (bicyclic) bond motifs is 9. The van der Waals surface area contributed by atoms with Crippen molar-refractivity contribution in [1.29, 1.82) is 0 Å².